The van der Waals surface area contributed by atoms with E-state index >= 15 is 0 Å². The molecule has 0 aromatic carbocycles. The predicted molar refractivity (Wildman–Crippen MR) is 89.1 cm³/mol. The lowest BCUT2D eigenvalue weighted by Gasteiger charge is -2.27. The quantitative estimate of drug-likeness (QED) is 0.751. The number of likely N-dealkylation sites (tertiary alicyclic amines) is 1. The normalized spacial score (nSPS) is 23.8. The molecule has 2 aliphatic rings. The van der Waals surface area contributed by atoms with Crippen LogP contribution in [0.25, 0.3) is 0 Å². The molecular formula is C17H31N3O3. The average Bonchev–Trinajstić information content (AvgIpc) is 2.85. The zero-order valence-electron chi connectivity index (χ0n) is 14.6. The van der Waals surface area contributed by atoms with Crippen LogP contribution in [0.1, 0.15) is 32.1 Å². The third-order valence-corrected chi connectivity index (χ3v) is 4.58. The summed E-state index contributed by atoms with van der Waals surface area (Å²) in [5.41, 5.74) is 0. The van der Waals surface area contributed by atoms with Crippen LogP contribution in [-0.4, -0.2) is 86.5 Å². The number of ether oxygens (including phenoxy) is 1. The molecule has 0 spiro atoms. The van der Waals surface area contributed by atoms with Crippen LogP contribution in [0.2, 0.25) is 0 Å². The van der Waals surface area contributed by atoms with Crippen molar-refractivity contribution in [2.45, 2.75) is 32.1 Å². The first-order chi connectivity index (χ1) is 11.1. The van der Waals surface area contributed by atoms with Crippen LogP contribution in [0, 0.1) is 5.92 Å². The Kier molecular flexibility index (Phi) is 7.30. The maximum Gasteiger partial charge on any atom is 0.224 e. The second-order valence-corrected chi connectivity index (χ2v) is 6.98. The Bertz CT molecular complexity index is 401. The van der Waals surface area contributed by atoms with Crippen LogP contribution in [0.5, 0.6) is 0 Å². The van der Waals surface area contributed by atoms with Gasteiger partial charge in [-0.1, -0.05) is 6.42 Å². The molecule has 0 aromatic heterocycles. The first kappa shape index (κ1) is 18.2. The summed E-state index contributed by atoms with van der Waals surface area (Å²) in [4.78, 5) is 30.5. The minimum atomic E-state index is 0.149. The molecule has 0 aromatic rings. The summed E-state index contributed by atoms with van der Waals surface area (Å²) < 4.78 is 5.63. The number of carbonyl (C=O) groups is 2. The SMILES string of the molecule is CN(C)CC1COCCN(C(=O)CCN2CCCCCC2=O)C1. The minimum Gasteiger partial charge on any atom is -0.379 e. The Morgan fingerprint density at radius 2 is 2.09 bits per heavy atom. The molecule has 2 fully saturated rings. The highest BCUT2D eigenvalue weighted by Crippen LogP contribution is 2.13. The fourth-order valence-corrected chi connectivity index (χ4v) is 3.40. The second kappa shape index (κ2) is 9.23. The number of nitrogens with zero attached hydrogens (tertiary/aromatic N) is 3. The molecular weight excluding hydrogens is 294 g/mol. The molecule has 0 saturated carbocycles. The third kappa shape index (κ3) is 6.11. The van der Waals surface area contributed by atoms with Crippen molar-refractivity contribution in [2.75, 3.05) is 60.0 Å². The average molecular weight is 325 g/mol. The van der Waals surface area contributed by atoms with Gasteiger partial charge in [0.25, 0.3) is 0 Å². The summed E-state index contributed by atoms with van der Waals surface area (Å²) in [7, 11) is 4.09. The van der Waals surface area contributed by atoms with Gasteiger partial charge in [0.2, 0.25) is 11.8 Å². The molecule has 2 saturated heterocycles. The van der Waals surface area contributed by atoms with Crippen molar-refractivity contribution in [3.05, 3.63) is 0 Å². The van der Waals surface area contributed by atoms with E-state index in [0.29, 0.717) is 45.1 Å². The summed E-state index contributed by atoms with van der Waals surface area (Å²) in [6.07, 6.45) is 4.23. The van der Waals surface area contributed by atoms with Crippen molar-refractivity contribution in [1.82, 2.24) is 14.7 Å². The summed E-state index contributed by atoms with van der Waals surface area (Å²) in [6.45, 7) is 5.03. The number of amides is 2. The lowest BCUT2D eigenvalue weighted by molar-refractivity contribution is -0.134. The highest BCUT2D eigenvalue weighted by Gasteiger charge is 2.24. The Morgan fingerprint density at radius 1 is 1.26 bits per heavy atom. The van der Waals surface area contributed by atoms with Crippen LogP contribution in [0.15, 0.2) is 0 Å². The first-order valence-corrected chi connectivity index (χ1v) is 8.84. The Morgan fingerprint density at radius 3 is 2.87 bits per heavy atom. The van der Waals surface area contributed by atoms with Gasteiger partial charge in [0, 0.05) is 51.5 Å². The van der Waals surface area contributed by atoms with E-state index in [0.717, 1.165) is 38.9 Å². The summed E-state index contributed by atoms with van der Waals surface area (Å²) >= 11 is 0. The number of hydrogen-bond donors (Lipinski definition) is 0. The lowest BCUT2D eigenvalue weighted by atomic mass is 10.1. The molecule has 0 bridgehead atoms. The van der Waals surface area contributed by atoms with Crippen LogP contribution < -0.4 is 0 Å². The molecule has 0 radical (unpaired) electrons. The van der Waals surface area contributed by atoms with E-state index in [9.17, 15) is 9.59 Å². The molecule has 2 rings (SSSR count). The largest absolute Gasteiger partial charge is 0.379 e. The van der Waals surface area contributed by atoms with Gasteiger partial charge in [0.05, 0.1) is 13.2 Å². The van der Waals surface area contributed by atoms with E-state index in [1.807, 2.05) is 23.9 Å². The van der Waals surface area contributed by atoms with Crippen molar-refractivity contribution in [1.29, 1.82) is 0 Å². The van der Waals surface area contributed by atoms with Crippen molar-refractivity contribution < 1.29 is 14.3 Å². The maximum atomic E-state index is 12.5. The molecule has 23 heavy (non-hydrogen) atoms. The van der Waals surface area contributed by atoms with Crippen molar-refractivity contribution in [3.8, 4) is 0 Å². The third-order valence-electron chi connectivity index (χ3n) is 4.58. The van der Waals surface area contributed by atoms with E-state index in [1.54, 1.807) is 0 Å². The van der Waals surface area contributed by atoms with Crippen molar-refractivity contribution >= 4 is 11.8 Å². The van der Waals surface area contributed by atoms with Crippen LogP contribution in [0.4, 0.5) is 0 Å². The van der Waals surface area contributed by atoms with E-state index in [-0.39, 0.29) is 11.8 Å². The molecule has 2 heterocycles. The monoisotopic (exact) mass is 325 g/mol. The van der Waals surface area contributed by atoms with Crippen LogP contribution in [-0.2, 0) is 14.3 Å². The van der Waals surface area contributed by atoms with Crippen LogP contribution in [0.3, 0.4) is 0 Å². The number of rotatable bonds is 5. The van der Waals surface area contributed by atoms with Crippen molar-refractivity contribution in [3.63, 3.8) is 0 Å². The zero-order chi connectivity index (χ0) is 16.7. The molecule has 2 amide bonds. The highest BCUT2D eigenvalue weighted by atomic mass is 16.5. The molecule has 0 N–H and O–H groups in total. The van der Waals surface area contributed by atoms with Gasteiger partial charge in [0.15, 0.2) is 0 Å². The Balaban J connectivity index is 1.82. The molecule has 0 aliphatic carbocycles. The fraction of sp³-hybridized carbons (Fsp3) is 0.882. The maximum absolute atomic E-state index is 12.5. The van der Waals surface area contributed by atoms with Gasteiger partial charge in [-0.3, -0.25) is 9.59 Å². The van der Waals surface area contributed by atoms with Gasteiger partial charge in [-0.05, 0) is 26.9 Å². The smallest absolute Gasteiger partial charge is 0.224 e. The lowest BCUT2D eigenvalue weighted by Crippen LogP contribution is -2.41. The van der Waals surface area contributed by atoms with Gasteiger partial charge < -0.3 is 19.4 Å². The van der Waals surface area contributed by atoms with E-state index in [4.69, 9.17) is 4.74 Å². The van der Waals surface area contributed by atoms with E-state index in [2.05, 4.69) is 4.90 Å². The molecule has 1 unspecified atom stereocenters. The summed E-state index contributed by atoms with van der Waals surface area (Å²) in [5, 5.41) is 0. The topological polar surface area (TPSA) is 53.1 Å². The van der Waals surface area contributed by atoms with Gasteiger partial charge in [-0.25, -0.2) is 0 Å². The second-order valence-electron chi connectivity index (χ2n) is 6.98. The predicted octanol–water partition coefficient (Wildman–Crippen LogP) is 0.816. The van der Waals surface area contributed by atoms with Crippen LogP contribution >= 0.6 is 0 Å². The fourth-order valence-electron chi connectivity index (χ4n) is 3.40. The van der Waals surface area contributed by atoms with Gasteiger partial charge in [-0.15, -0.1) is 0 Å². The molecule has 1 atom stereocenters. The van der Waals surface area contributed by atoms with Crippen molar-refractivity contribution in [2.24, 2.45) is 5.92 Å². The first-order valence-electron chi connectivity index (χ1n) is 8.84. The Labute approximate surface area is 139 Å². The van der Waals surface area contributed by atoms with Gasteiger partial charge in [-0.2, -0.15) is 0 Å². The highest BCUT2D eigenvalue weighted by molar-refractivity contribution is 5.79. The van der Waals surface area contributed by atoms with Gasteiger partial charge in [0.1, 0.15) is 0 Å². The van der Waals surface area contributed by atoms with E-state index < -0.39 is 0 Å². The standard InChI is InChI=1S/C17H31N3O3/c1-18(2)12-15-13-20(10-11-23-14-15)17(22)7-9-19-8-5-3-4-6-16(19)21/h15H,3-14H2,1-2H3. The zero-order valence-corrected chi connectivity index (χ0v) is 14.6. The number of carbonyl (C=O) groups excluding carboxylic acids is 2. The molecule has 6 nitrogen and oxygen atoms in total. The molecule has 132 valence electrons. The molecule has 2 aliphatic heterocycles. The molecule has 6 heteroatoms. The minimum absolute atomic E-state index is 0.149. The Hall–Kier alpha value is -1.14. The van der Waals surface area contributed by atoms with E-state index in [1.165, 1.54) is 0 Å². The summed E-state index contributed by atoms with van der Waals surface area (Å²) in [5.74, 6) is 0.715. The van der Waals surface area contributed by atoms with Gasteiger partial charge >= 0.3 is 0 Å². The number of hydrogen-bond acceptors (Lipinski definition) is 4. The summed E-state index contributed by atoms with van der Waals surface area (Å²) in [6, 6.07) is 0.